The van der Waals surface area contributed by atoms with Crippen LogP contribution in [-0.4, -0.2) is 38.3 Å². The van der Waals surface area contributed by atoms with Crippen LogP contribution in [0.1, 0.15) is 30.4 Å². The van der Waals surface area contributed by atoms with Crippen molar-refractivity contribution in [2.24, 2.45) is 0 Å². The molecular formula is C21H24N4O3S. The van der Waals surface area contributed by atoms with E-state index in [0.29, 0.717) is 35.6 Å². The second kappa shape index (κ2) is 9.07. The number of carbonyl (C=O) groups excluding carboxylic acids is 1. The van der Waals surface area contributed by atoms with Gasteiger partial charge in [-0.1, -0.05) is 12.5 Å². The Morgan fingerprint density at radius 1 is 1.07 bits per heavy atom. The Bertz CT molecular complexity index is 1020. The van der Waals surface area contributed by atoms with Crippen molar-refractivity contribution < 1.29 is 13.2 Å². The number of nitriles is 1. The smallest absolute Gasteiger partial charge is 0.243 e. The lowest BCUT2D eigenvalue weighted by atomic mass is 10.2. The molecular weight excluding hydrogens is 388 g/mol. The highest BCUT2D eigenvalue weighted by Crippen LogP contribution is 2.26. The van der Waals surface area contributed by atoms with Crippen molar-refractivity contribution in [3.05, 3.63) is 53.6 Å². The number of amides is 1. The summed E-state index contributed by atoms with van der Waals surface area (Å²) < 4.78 is 27.5. The van der Waals surface area contributed by atoms with E-state index in [1.807, 2.05) is 6.07 Å². The summed E-state index contributed by atoms with van der Waals surface area (Å²) in [6, 6.07) is 13.7. The Labute approximate surface area is 171 Å². The molecule has 2 aromatic rings. The minimum atomic E-state index is -3.54. The fraction of sp³-hybridized carbons (Fsp3) is 0.333. The summed E-state index contributed by atoms with van der Waals surface area (Å²) >= 11 is 0. The van der Waals surface area contributed by atoms with Crippen LogP contribution in [-0.2, 0) is 14.8 Å². The summed E-state index contributed by atoms with van der Waals surface area (Å²) in [5.74, 6) is -0.268. The topological polar surface area (TPSA) is 102 Å². The molecule has 0 spiro atoms. The number of hydrogen-bond donors (Lipinski definition) is 2. The van der Waals surface area contributed by atoms with Crippen LogP contribution >= 0.6 is 0 Å². The van der Waals surface area contributed by atoms with Gasteiger partial charge in [0.15, 0.2) is 0 Å². The number of nitrogens with zero attached hydrogens (tertiary/aromatic N) is 2. The van der Waals surface area contributed by atoms with E-state index in [1.165, 1.54) is 0 Å². The molecule has 0 saturated carbocycles. The van der Waals surface area contributed by atoms with Crippen LogP contribution in [0.2, 0.25) is 0 Å². The number of hydrogen-bond acceptors (Lipinski definition) is 5. The molecule has 2 aromatic carbocycles. The first-order valence-electron chi connectivity index (χ1n) is 9.55. The van der Waals surface area contributed by atoms with Gasteiger partial charge in [0.05, 0.1) is 23.1 Å². The van der Waals surface area contributed by atoms with E-state index in [9.17, 15) is 13.2 Å². The van der Waals surface area contributed by atoms with Crippen LogP contribution < -0.4 is 10.6 Å². The van der Waals surface area contributed by atoms with Crippen LogP contribution in [0.4, 0.5) is 11.4 Å². The minimum Gasteiger partial charge on any atom is -0.376 e. The molecule has 29 heavy (non-hydrogen) atoms. The summed E-state index contributed by atoms with van der Waals surface area (Å²) in [5.41, 5.74) is 2.36. The van der Waals surface area contributed by atoms with Crippen molar-refractivity contribution in [1.29, 1.82) is 5.26 Å². The van der Waals surface area contributed by atoms with E-state index >= 15 is 0 Å². The summed E-state index contributed by atoms with van der Waals surface area (Å²) in [6.07, 6.45) is 2.82. The Kier molecular flexibility index (Phi) is 6.52. The molecule has 1 fully saturated rings. The van der Waals surface area contributed by atoms with Gasteiger partial charge < -0.3 is 10.6 Å². The summed E-state index contributed by atoms with van der Waals surface area (Å²) in [5, 5.41) is 14.5. The number of sulfonamides is 1. The maximum absolute atomic E-state index is 13.0. The van der Waals surface area contributed by atoms with Gasteiger partial charge in [-0.2, -0.15) is 9.57 Å². The predicted molar refractivity (Wildman–Crippen MR) is 112 cm³/mol. The van der Waals surface area contributed by atoms with Gasteiger partial charge in [-0.3, -0.25) is 4.79 Å². The number of rotatable bonds is 6. The van der Waals surface area contributed by atoms with Crippen molar-refractivity contribution >= 4 is 27.3 Å². The molecule has 0 atom stereocenters. The lowest BCUT2D eigenvalue weighted by Crippen LogP contribution is -2.36. The number of aryl methyl sites for hydroxylation is 1. The van der Waals surface area contributed by atoms with Crippen molar-refractivity contribution in [3.8, 4) is 6.07 Å². The maximum atomic E-state index is 13.0. The quantitative estimate of drug-likeness (QED) is 0.759. The second-order valence-corrected chi connectivity index (χ2v) is 8.94. The van der Waals surface area contributed by atoms with Gasteiger partial charge >= 0.3 is 0 Å². The van der Waals surface area contributed by atoms with E-state index in [-0.39, 0.29) is 17.3 Å². The Morgan fingerprint density at radius 3 is 2.38 bits per heavy atom. The van der Waals surface area contributed by atoms with Gasteiger partial charge in [-0.05, 0) is 61.7 Å². The number of carbonyl (C=O) groups is 1. The van der Waals surface area contributed by atoms with E-state index in [1.54, 1.807) is 53.7 Å². The maximum Gasteiger partial charge on any atom is 0.243 e. The molecule has 1 aliphatic heterocycles. The summed E-state index contributed by atoms with van der Waals surface area (Å²) in [7, 11) is -3.54. The molecule has 1 heterocycles. The Morgan fingerprint density at radius 2 is 1.72 bits per heavy atom. The third-order valence-electron chi connectivity index (χ3n) is 4.87. The van der Waals surface area contributed by atoms with Crippen LogP contribution in [0, 0.1) is 18.3 Å². The fourth-order valence-corrected chi connectivity index (χ4v) is 5.02. The Hall–Kier alpha value is -2.89. The zero-order valence-electron chi connectivity index (χ0n) is 16.3. The van der Waals surface area contributed by atoms with Crippen molar-refractivity contribution in [2.45, 2.75) is 31.1 Å². The first-order valence-corrected chi connectivity index (χ1v) is 11.0. The van der Waals surface area contributed by atoms with Gasteiger partial charge in [0.2, 0.25) is 15.9 Å². The van der Waals surface area contributed by atoms with Gasteiger partial charge in [0.1, 0.15) is 0 Å². The van der Waals surface area contributed by atoms with Gasteiger partial charge in [0.25, 0.3) is 0 Å². The normalized spacial score (nSPS) is 14.8. The number of piperidine rings is 1. The summed E-state index contributed by atoms with van der Waals surface area (Å²) in [6.45, 7) is 2.86. The molecule has 0 radical (unpaired) electrons. The number of nitrogens with one attached hydrogen (secondary N) is 2. The second-order valence-electron chi connectivity index (χ2n) is 7.04. The molecule has 1 aliphatic rings. The van der Waals surface area contributed by atoms with Crippen molar-refractivity contribution in [3.63, 3.8) is 0 Å². The van der Waals surface area contributed by atoms with E-state index < -0.39 is 10.0 Å². The van der Waals surface area contributed by atoms with Crippen molar-refractivity contribution in [1.82, 2.24) is 4.31 Å². The van der Waals surface area contributed by atoms with Gasteiger partial charge in [-0.15, -0.1) is 0 Å². The molecule has 0 aromatic heterocycles. The SMILES string of the molecule is Cc1ccc(NCC(=O)Nc2ccc(C#N)cc2)cc1S(=O)(=O)N1CCCCC1. The molecule has 3 rings (SSSR count). The molecule has 8 heteroatoms. The zero-order valence-corrected chi connectivity index (χ0v) is 17.1. The van der Waals surface area contributed by atoms with E-state index in [4.69, 9.17) is 5.26 Å². The van der Waals surface area contributed by atoms with Crippen LogP contribution in [0.15, 0.2) is 47.4 Å². The minimum absolute atomic E-state index is 0.00767. The first-order chi connectivity index (χ1) is 13.9. The fourth-order valence-electron chi connectivity index (χ4n) is 3.25. The van der Waals surface area contributed by atoms with E-state index in [2.05, 4.69) is 10.6 Å². The summed E-state index contributed by atoms with van der Waals surface area (Å²) in [4.78, 5) is 12.4. The highest BCUT2D eigenvalue weighted by molar-refractivity contribution is 7.89. The molecule has 1 saturated heterocycles. The number of anilines is 2. The largest absolute Gasteiger partial charge is 0.376 e. The average molecular weight is 413 g/mol. The molecule has 0 bridgehead atoms. The van der Waals surface area contributed by atoms with Gasteiger partial charge in [0, 0.05) is 24.5 Å². The lowest BCUT2D eigenvalue weighted by molar-refractivity contribution is -0.114. The molecule has 1 amide bonds. The predicted octanol–water partition coefficient (Wildman–Crippen LogP) is 3.09. The van der Waals surface area contributed by atoms with Crippen molar-refractivity contribution in [2.75, 3.05) is 30.3 Å². The molecule has 0 unspecified atom stereocenters. The van der Waals surface area contributed by atoms with E-state index in [0.717, 1.165) is 19.3 Å². The third kappa shape index (κ3) is 5.13. The van der Waals surface area contributed by atoms with Crippen LogP contribution in [0.5, 0.6) is 0 Å². The zero-order chi connectivity index (χ0) is 20.9. The van der Waals surface area contributed by atoms with Crippen LogP contribution in [0.25, 0.3) is 0 Å². The first kappa shape index (κ1) is 20.8. The lowest BCUT2D eigenvalue weighted by Gasteiger charge is -2.26. The monoisotopic (exact) mass is 412 g/mol. The Balaban J connectivity index is 1.66. The van der Waals surface area contributed by atoms with Gasteiger partial charge in [-0.25, -0.2) is 8.42 Å². The standard InChI is InChI=1S/C21H24N4O3S/c1-16-5-8-19(13-20(16)29(27,28)25-11-3-2-4-12-25)23-15-21(26)24-18-9-6-17(14-22)7-10-18/h5-10,13,23H,2-4,11-12,15H2,1H3,(H,24,26). The third-order valence-corrected chi connectivity index (χ3v) is 6.91. The molecule has 2 N–H and O–H groups in total. The molecule has 152 valence electrons. The molecule has 0 aliphatic carbocycles. The van der Waals surface area contributed by atoms with Crippen LogP contribution in [0.3, 0.4) is 0 Å². The number of benzene rings is 2. The molecule has 7 nitrogen and oxygen atoms in total. The average Bonchev–Trinajstić information content (AvgIpc) is 2.74. The highest BCUT2D eigenvalue weighted by Gasteiger charge is 2.27. The highest BCUT2D eigenvalue weighted by atomic mass is 32.2.